The van der Waals surface area contributed by atoms with E-state index >= 15 is 0 Å². The van der Waals surface area contributed by atoms with Crippen molar-refractivity contribution < 1.29 is 8.42 Å². The van der Waals surface area contributed by atoms with Crippen LogP contribution in [0.4, 0.5) is 5.82 Å². The highest BCUT2D eigenvalue weighted by Gasteiger charge is 2.27. The highest BCUT2D eigenvalue weighted by atomic mass is 32.2. The van der Waals surface area contributed by atoms with Crippen molar-refractivity contribution in [2.75, 3.05) is 24.2 Å². The number of hydrogen-bond donors (Lipinski definition) is 1. The molecule has 2 heterocycles. The highest BCUT2D eigenvalue weighted by molar-refractivity contribution is 7.88. The van der Waals surface area contributed by atoms with Crippen LogP contribution in [0.1, 0.15) is 30.5 Å². The summed E-state index contributed by atoms with van der Waals surface area (Å²) in [6.45, 7) is 1.62. The smallest absolute Gasteiger partial charge is 0.208 e. The van der Waals surface area contributed by atoms with Crippen LogP contribution in [0, 0.1) is 0 Å². The second-order valence-corrected chi connectivity index (χ2v) is 8.95. The molecule has 0 spiro atoms. The Hall–Kier alpha value is -1.99. The van der Waals surface area contributed by atoms with Crippen molar-refractivity contribution in [2.24, 2.45) is 0 Å². The number of benzene rings is 1. The zero-order valence-electron chi connectivity index (χ0n) is 15.0. The van der Waals surface area contributed by atoms with E-state index < -0.39 is 10.0 Å². The van der Waals surface area contributed by atoms with Crippen molar-refractivity contribution in [3.8, 4) is 11.4 Å². The molecule has 6 nitrogen and oxygen atoms in total. The molecule has 2 aromatic rings. The topological polar surface area (TPSA) is 75.2 Å². The molecule has 1 aliphatic heterocycles. The molecule has 7 heteroatoms. The first-order valence-electron chi connectivity index (χ1n) is 9.17. The van der Waals surface area contributed by atoms with Gasteiger partial charge in [0.05, 0.1) is 6.26 Å². The highest BCUT2D eigenvalue weighted by Crippen LogP contribution is 2.32. The molecule has 0 radical (unpaired) electrons. The van der Waals surface area contributed by atoms with Gasteiger partial charge in [-0.15, -0.1) is 0 Å². The minimum atomic E-state index is -3.15. The molecule has 1 N–H and O–H groups in total. The number of aryl methyl sites for hydroxylation is 1. The van der Waals surface area contributed by atoms with Gasteiger partial charge in [-0.05, 0) is 32.1 Å². The molecule has 0 amide bonds. The first-order valence-corrected chi connectivity index (χ1v) is 11.1. The maximum absolute atomic E-state index is 11.5. The summed E-state index contributed by atoms with van der Waals surface area (Å²) in [4.78, 5) is 12.0. The Labute approximate surface area is 154 Å². The van der Waals surface area contributed by atoms with Crippen LogP contribution in [-0.4, -0.2) is 43.8 Å². The summed E-state index contributed by atoms with van der Waals surface area (Å²) in [7, 11) is -3.15. The SMILES string of the molecule is CS(=O)(=O)NC1CCN(c2nc(-c3ccccc3)nc3c2CCC3)CC1. The summed E-state index contributed by atoms with van der Waals surface area (Å²) in [5.41, 5.74) is 3.49. The van der Waals surface area contributed by atoms with Gasteiger partial charge in [0.15, 0.2) is 5.82 Å². The maximum atomic E-state index is 11.5. The maximum Gasteiger partial charge on any atom is 0.208 e. The summed E-state index contributed by atoms with van der Waals surface area (Å²) in [5, 5.41) is 0. The molecule has 0 bridgehead atoms. The number of nitrogens with one attached hydrogen (secondary N) is 1. The van der Waals surface area contributed by atoms with Crippen molar-refractivity contribution in [3.63, 3.8) is 0 Å². The molecule has 0 atom stereocenters. The molecule has 2 aliphatic rings. The van der Waals surface area contributed by atoms with Crippen molar-refractivity contribution in [2.45, 2.75) is 38.1 Å². The van der Waals surface area contributed by atoms with Gasteiger partial charge in [0.25, 0.3) is 0 Å². The molecule has 4 rings (SSSR count). The van der Waals surface area contributed by atoms with Gasteiger partial charge in [-0.2, -0.15) is 0 Å². The summed E-state index contributed by atoms with van der Waals surface area (Å²) in [6.07, 6.45) is 5.99. The van der Waals surface area contributed by atoms with Crippen LogP contribution >= 0.6 is 0 Å². The first-order chi connectivity index (χ1) is 12.5. The van der Waals surface area contributed by atoms with E-state index in [0.717, 1.165) is 62.4 Å². The second kappa shape index (κ2) is 6.96. The average molecular weight is 372 g/mol. The standard InChI is InChI=1S/C19H24N4O2S/c1-26(24,25)22-15-10-12-23(13-11-15)19-16-8-5-9-17(16)20-18(21-19)14-6-3-2-4-7-14/h2-4,6-7,15,22H,5,8-13H2,1H3. The fourth-order valence-electron chi connectivity index (χ4n) is 3.90. The third-order valence-electron chi connectivity index (χ3n) is 5.12. The molecule has 1 saturated heterocycles. The summed E-state index contributed by atoms with van der Waals surface area (Å²) in [6, 6.07) is 10.1. The molecule has 1 aromatic heterocycles. The fraction of sp³-hybridized carbons (Fsp3) is 0.474. The van der Waals surface area contributed by atoms with Crippen LogP contribution in [0.25, 0.3) is 11.4 Å². The van der Waals surface area contributed by atoms with E-state index in [1.807, 2.05) is 30.3 Å². The average Bonchev–Trinajstić information content (AvgIpc) is 3.10. The van der Waals surface area contributed by atoms with Gasteiger partial charge in [0.2, 0.25) is 10.0 Å². The molecule has 138 valence electrons. The molecular weight excluding hydrogens is 348 g/mol. The Kier molecular flexibility index (Phi) is 4.67. The first kappa shape index (κ1) is 17.4. The van der Waals surface area contributed by atoms with Crippen molar-refractivity contribution in [3.05, 3.63) is 41.6 Å². The van der Waals surface area contributed by atoms with Crippen LogP contribution in [-0.2, 0) is 22.9 Å². The van der Waals surface area contributed by atoms with Gasteiger partial charge in [-0.25, -0.2) is 23.1 Å². The number of piperidine rings is 1. The largest absolute Gasteiger partial charge is 0.356 e. The lowest BCUT2D eigenvalue weighted by molar-refractivity contribution is 0.459. The molecular formula is C19H24N4O2S. The lowest BCUT2D eigenvalue weighted by atomic mass is 10.1. The fourth-order valence-corrected chi connectivity index (χ4v) is 4.74. The van der Waals surface area contributed by atoms with E-state index in [0.29, 0.717) is 0 Å². The number of aromatic nitrogens is 2. The molecule has 0 saturated carbocycles. The van der Waals surface area contributed by atoms with Crippen LogP contribution < -0.4 is 9.62 Å². The number of anilines is 1. The Morgan fingerprint density at radius 3 is 2.50 bits per heavy atom. The summed E-state index contributed by atoms with van der Waals surface area (Å²) >= 11 is 0. The van der Waals surface area contributed by atoms with Crippen molar-refractivity contribution in [1.29, 1.82) is 0 Å². The monoisotopic (exact) mass is 372 g/mol. The van der Waals surface area contributed by atoms with E-state index in [4.69, 9.17) is 9.97 Å². The molecule has 0 unspecified atom stereocenters. The minimum absolute atomic E-state index is 0.0183. The summed E-state index contributed by atoms with van der Waals surface area (Å²) in [5.74, 6) is 1.83. The predicted octanol–water partition coefficient (Wildman–Crippen LogP) is 2.15. The lowest BCUT2D eigenvalue weighted by Gasteiger charge is -2.34. The normalized spacial score (nSPS) is 18.1. The van der Waals surface area contributed by atoms with Crippen molar-refractivity contribution in [1.82, 2.24) is 14.7 Å². The number of hydrogen-bond acceptors (Lipinski definition) is 5. The Bertz CT molecular complexity index is 891. The molecule has 1 aromatic carbocycles. The van der Waals surface area contributed by atoms with Gasteiger partial charge in [-0.1, -0.05) is 30.3 Å². The van der Waals surface area contributed by atoms with E-state index in [2.05, 4.69) is 9.62 Å². The van der Waals surface area contributed by atoms with Gasteiger partial charge in [0, 0.05) is 36.0 Å². The summed E-state index contributed by atoms with van der Waals surface area (Å²) < 4.78 is 25.7. The molecule has 1 fully saturated rings. The quantitative estimate of drug-likeness (QED) is 0.890. The molecule has 26 heavy (non-hydrogen) atoms. The van der Waals surface area contributed by atoms with Crippen LogP contribution in [0.5, 0.6) is 0 Å². The van der Waals surface area contributed by atoms with Gasteiger partial charge in [0.1, 0.15) is 5.82 Å². The molecule has 1 aliphatic carbocycles. The van der Waals surface area contributed by atoms with E-state index in [9.17, 15) is 8.42 Å². The zero-order valence-corrected chi connectivity index (χ0v) is 15.8. The van der Waals surface area contributed by atoms with Crippen LogP contribution in [0.15, 0.2) is 30.3 Å². The van der Waals surface area contributed by atoms with Crippen LogP contribution in [0.2, 0.25) is 0 Å². The van der Waals surface area contributed by atoms with Gasteiger partial charge in [-0.3, -0.25) is 0 Å². The third kappa shape index (κ3) is 3.73. The number of rotatable bonds is 4. The second-order valence-electron chi connectivity index (χ2n) is 7.17. The predicted molar refractivity (Wildman–Crippen MR) is 103 cm³/mol. The van der Waals surface area contributed by atoms with Crippen LogP contribution in [0.3, 0.4) is 0 Å². The zero-order chi connectivity index (χ0) is 18.1. The van der Waals surface area contributed by atoms with E-state index in [1.54, 1.807) is 0 Å². The number of fused-ring (bicyclic) bond motifs is 1. The Morgan fingerprint density at radius 1 is 1.08 bits per heavy atom. The van der Waals surface area contributed by atoms with Crippen molar-refractivity contribution >= 4 is 15.8 Å². The van der Waals surface area contributed by atoms with E-state index in [-0.39, 0.29) is 6.04 Å². The van der Waals surface area contributed by atoms with Gasteiger partial charge < -0.3 is 4.90 Å². The minimum Gasteiger partial charge on any atom is -0.356 e. The number of sulfonamides is 1. The third-order valence-corrected chi connectivity index (χ3v) is 5.88. The van der Waals surface area contributed by atoms with Gasteiger partial charge >= 0.3 is 0 Å². The Balaban J connectivity index is 1.60. The van der Waals surface area contributed by atoms with E-state index in [1.165, 1.54) is 17.5 Å². The lowest BCUT2D eigenvalue weighted by Crippen LogP contribution is -2.44. The Morgan fingerprint density at radius 2 is 1.81 bits per heavy atom. The number of nitrogens with zero attached hydrogens (tertiary/aromatic N) is 3.